The van der Waals surface area contributed by atoms with Gasteiger partial charge in [-0.2, -0.15) is 0 Å². The molecule has 1 atom stereocenters. The Bertz CT molecular complexity index is 890. The fraction of sp³-hybridized carbons (Fsp3) is 0.238. The lowest BCUT2D eigenvalue weighted by molar-refractivity contribution is -0.127. The molecule has 0 spiro atoms. The Labute approximate surface area is 157 Å². The van der Waals surface area contributed by atoms with E-state index in [0.717, 1.165) is 21.8 Å². The van der Waals surface area contributed by atoms with Crippen LogP contribution in [0.15, 0.2) is 53.9 Å². The van der Waals surface area contributed by atoms with Crippen molar-refractivity contribution in [2.75, 3.05) is 0 Å². The second kappa shape index (κ2) is 8.15. The number of nitrogens with one attached hydrogen (secondary N) is 1. The number of thiazole rings is 1. The van der Waals surface area contributed by atoms with E-state index in [0.29, 0.717) is 12.3 Å². The maximum atomic E-state index is 12.3. The minimum atomic E-state index is -0.565. The summed E-state index contributed by atoms with van der Waals surface area (Å²) >= 11 is 1.57. The van der Waals surface area contributed by atoms with E-state index >= 15 is 0 Å². The van der Waals surface area contributed by atoms with Crippen molar-refractivity contribution in [2.24, 2.45) is 0 Å². The van der Waals surface area contributed by atoms with Gasteiger partial charge in [0.15, 0.2) is 6.10 Å². The molecular weight excluding hydrogens is 344 g/mol. The molecule has 0 aliphatic heterocycles. The second-order valence-corrected chi connectivity index (χ2v) is 7.09. The summed E-state index contributed by atoms with van der Waals surface area (Å²) in [4.78, 5) is 16.9. The summed E-state index contributed by atoms with van der Waals surface area (Å²) in [5.74, 6) is 0.549. The van der Waals surface area contributed by atoms with Crippen molar-refractivity contribution >= 4 is 17.2 Å². The highest BCUT2D eigenvalue weighted by atomic mass is 32.1. The number of hydrogen-bond acceptors (Lipinski definition) is 4. The molecule has 0 saturated heterocycles. The number of hydrogen-bond donors (Lipinski definition) is 1. The van der Waals surface area contributed by atoms with E-state index < -0.39 is 6.10 Å². The molecule has 2 aromatic carbocycles. The molecule has 0 unspecified atom stereocenters. The minimum Gasteiger partial charge on any atom is -0.481 e. The van der Waals surface area contributed by atoms with Crippen LogP contribution in [0.5, 0.6) is 5.75 Å². The van der Waals surface area contributed by atoms with Gasteiger partial charge in [-0.1, -0.05) is 36.4 Å². The highest BCUT2D eigenvalue weighted by Gasteiger charge is 2.15. The van der Waals surface area contributed by atoms with Gasteiger partial charge < -0.3 is 10.1 Å². The first kappa shape index (κ1) is 18.1. The van der Waals surface area contributed by atoms with Gasteiger partial charge in [-0.05, 0) is 44.0 Å². The molecule has 4 nitrogen and oxygen atoms in total. The summed E-state index contributed by atoms with van der Waals surface area (Å²) < 4.78 is 5.75. The number of benzene rings is 2. The van der Waals surface area contributed by atoms with E-state index in [1.54, 1.807) is 18.3 Å². The van der Waals surface area contributed by atoms with Crippen molar-refractivity contribution in [3.8, 4) is 16.3 Å². The predicted octanol–water partition coefficient (Wildman–Crippen LogP) is 4.51. The number of carbonyl (C=O) groups is 1. The first-order valence-corrected chi connectivity index (χ1v) is 9.42. The van der Waals surface area contributed by atoms with Crippen LogP contribution in [-0.4, -0.2) is 17.0 Å². The van der Waals surface area contributed by atoms with Gasteiger partial charge in [0.25, 0.3) is 5.91 Å². The van der Waals surface area contributed by atoms with Gasteiger partial charge >= 0.3 is 0 Å². The van der Waals surface area contributed by atoms with Crippen molar-refractivity contribution in [3.63, 3.8) is 0 Å². The third-order valence-electron chi connectivity index (χ3n) is 4.18. The van der Waals surface area contributed by atoms with Crippen LogP contribution >= 0.6 is 11.3 Å². The lowest BCUT2D eigenvalue weighted by Gasteiger charge is -2.15. The number of ether oxygens (including phenoxy) is 1. The van der Waals surface area contributed by atoms with E-state index in [9.17, 15) is 4.79 Å². The molecule has 1 heterocycles. The number of rotatable bonds is 6. The zero-order chi connectivity index (χ0) is 18.5. The van der Waals surface area contributed by atoms with Gasteiger partial charge in [0, 0.05) is 10.9 Å². The van der Waals surface area contributed by atoms with Gasteiger partial charge in [-0.3, -0.25) is 4.79 Å². The Hall–Kier alpha value is -2.66. The molecule has 1 amide bonds. The smallest absolute Gasteiger partial charge is 0.261 e. The molecule has 0 aliphatic rings. The molecule has 5 heteroatoms. The van der Waals surface area contributed by atoms with Crippen molar-refractivity contribution in [2.45, 2.75) is 33.4 Å². The molecule has 0 aliphatic carbocycles. The molecule has 134 valence electrons. The van der Waals surface area contributed by atoms with Crippen LogP contribution in [0.2, 0.25) is 0 Å². The molecule has 3 aromatic rings. The number of aryl methyl sites for hydroxylation is 2. The lowest BCUT2D eigenvalue weighted by Crippen LogP contribution is -2.36. The molecule has 0 saturated carbocycles. The minimum absolute atomic E-state index is 0.155. The Morgan fingerprint density at radius 1 is 1.15 bits per heavy atom. The Morgan fingerprint density at radius 2 is 1.92 bits per heavy atom. The van der Waals surface area contributed by atoms with Crippen LogP contribution < -0.4 is 10.1 Å². The van der Waals surface area contributed by atoms with Crippen molar-refractivity contribution < 1.29 is 9.53 Å². The third-order valence-corrected chi connectivity index (χ3v) is 5.12. The summed E-state index contributed by atoms with van der Waals surface area (Å²) in [6.07, 6.45) is -0.565. The first-order valence-electron chi connectivity index (χ1n) is 8.54. The summed E-state index contributed by atoms with van der Waals surface area (Å²) in [6.45, 7) is 6.22. The fourth-order valence-corrected chi connectivity index (χ4v) is 3.29. The van der Waals surface area contributed by atoms with Crippen LogP contribution in [0.1, 0.15) is 23.7 Å². The van der Waals surface area contributed by atoms with Crippen LogP contribution in [0.4, 0.5) is 0 Å². The zero-order valence-electron chi connectivity index (χ0n) is 15.2. The van der Waals surface area contributed by atoms with Gasteiger partial charge in [0.2, 0.25) is 0 Å². The van der Waals surface area contributed by atoms with Crippen molar-refractivity contribution in [1.82, 2.24) is 10.3 Å². The number of carbonyl (C=O) groups excluding carboxylic acids is 1. The number of nitrogens with zero attached hydrogens (tertiary/aromatic N) is 1. The summed E-state index contributed by atoms with van der Waals surface area (Å²) in [5, 5.41) is 5.81. The quantitative estimate of drug-likeness (QED) is 0.698. The topological polar surface area (TPSA) is 51.2 Å². The molecule has 0 radical (unpaired) electrons. The van der Waals surface area contributed by atoms with E-state index in [4.69, 9.17) is 4.74 Å². The lowest BCUT2D eigenvalue weighted by atomic mass is 10.1. The van der Waals surface area contributed by atoms with E-state index in [2.05, 4.69) is 10.3 Å². The van der Waals surface area contributed by atoms with Gasteiger partial charge in [0.05, 0.1) is 12.2 Å². The summed E-state index contributed by atoms with van der Waals surface area (Å²) in [7, 11) is 0. The van der Waals surface area contributed by atoms with Crippen LogP contribution in [0.3, 0.4) is 0 Å². The summed E-state index contributed by atoms with van der Waals surface area (Å²) in [6, 6.07) is 15.9. The normalized spacial score (nSPS) is 11.8. The van der Waals surface area contributed by atoms with Gasteiger partial charge in [-0.25, -0.2) is 4.98 Å². The van der Waals surface area contributed by atoms with Crippen molar-refractivity contribution in [3.05, 3.63) is 70.7 Å². The highest BCUT2D eigenvalue weighted by molar-refractivity contribution is 7.13. The monoisotopic (exact) mass is 366 g/mol. The Kier molecular flexibility index (Phi) is 5.68. The Balaban J connectivity index is 1.55. The molecule has 3 rings (SSSR count). The molecule has 1 aromatic heterocycles. The first-order chi connectivity index (χ1) is 12.5. The molecule has 0 bridgehead atoms. The van der Waals surface area contributed by atoms with E-state index in [-0.39, 0.29) is 5.91 Å². The standard InChI is InChI=1S/C21H22N2O2S/c1-14-9-10-19(11-15(14)2)25-16(3)20(24)22-12-18-13-26-21(23-18)17-7-5-4-6-8-17/h4-11,13,16H,12H2,1-3H3,(H,22,24)/t16-/m0/s1. The highest BCUT2D eigenvalue weighted by Crippen LogP contribution is 2.23. The van der Waals surface area contributed by atoms with E-state index in [1.165, 1.54) is 5.56 Å². The number of amides is 1. The second-order valence-electron chi connectivity index (χ2n) is 6.23. The third kappa shape index (κ3) is 4.49. The predicted molar refractivity (Wildman–Crippen MR) is 105 cm³/mol. The summed E-state index contributed by atoms with van der Waals surface area (Å²) in [5.41, 5.74) is 4.28. The largest absolute Gasteiger partial charge is 0.481 e. The van der Waals surface area contributed by atoms with Crippen LogP contribution in [0, 0.1) is 13.8 Å². The maximum absolute atomic E-state index is 12.3. The SMILES string of the molecule is Cc1ccc(O[C@@H](C)C(=O)NCc2csc(-c3ccccc3)n2)cc1C. The zero-order valence-corrected chi connectivity index (χ0v) is 16.0. The molecule has 26 heavy (non-hydrogen) atoms. The average molecular weight is 366 g/mol. The molecule has 1 N–H and O–H groups in total. The van der Waals surface area contributed by atoms with Crippen molar-refractivity contribution in [1.29, 1.82) is 0 Å². The van der Waals surface area contributed by atoms with Crippen LogP contribution in [-0.2, 0) is 11.3 Å². The number of aromatic nitrogens is 1. The fourth-order valence-electron chi connectivity index (χ4n) is 2.47. The average Bonchev–Trinajstić information content (AvgIpc) is 3.12. The van der Waals surface area contributed by atoms with Gasteiger partial charge in [-0.15, -0.1) is 11.3 Å². The van der Waals surface area contributed by atoms with E-state index in [1.807, 2.05) is 67.8 Å². The van der Waals surface area contributed by atoms with Crippen LogP contribution in [0.25, 0.3) is 10.6 Å². The Morgan fingerprint density at radius 3 is 2.65 bits per heavy atom. The van der Waals surface area contributed by atoms with Gasteiger partial charge in [0.1, 0.15) is 10.8 Å². The maximum Gasteiger partial charge on any atom is 0.261 e. The molecular formula is C21H22N2O2S. The molecule has 0 fully saturated rings.